The van der Waals surface area contributed by atoms with Gasteiger partial charge in [0, 0.05) is 27.0 Å². The van der Waals surface area contributed by atoms with E-state index in [1.807, 2.05) is 0 Å². The van der Waals surface area contributed by atoms with Crippen LogP contribution in [0.3, 0.4) is 0 Å². The zero-order chi connectivity index (χ0) is 15.4. The molecule has 0 aromatic heterocycles. The van der Waals surface area contributed by atoms with Crippen LogP contribution < -0.4 is 16.4 Å². The highest BCUT2D eigenvalue weighted by Gasteiger charge is 2.05. The van der Waals surface area contributed by atoms with Gasteiger partial charge in [0.05, 0.1) is 0 Å². The van der Waals surface area contributed by atoms with Gasteiger partial charge in [-0.3, -0.25) is 0 Å². The molecule has 0 bridgehead atoms. The summed E-state index contributed by atoms with van der Waals surface area (Å²) in [6.07, 6.45) is 0. The third-order valence-corrected chi connectivity index (χ3v) is 3.20. The van der Waals surface area contributed by atoms with Gasteiger partial charge in [-0.2, -0.15) is 0 Å². The van der Waals surface area contributed by atoms with Crippen LogP contribution in [-0.4, -0.2) is 11.0 Å². The number of carbonyl (C=O) groups excluding carboxylic acids is 1. The third kappa shape index (κ3) is 4.60. The molecule has 0 unspecified atom stereocenters. The smallest absolute Gasteiger partial charge is 0.323 e. The van der Waals surface area contributed by atoms with Crippen molar-refractivity contribution in [2.45, 2.75) is 0 Å². The topological polar surface area (TPSA) is 67.1 Å². The van der Waals surface area contributed by atoms with E-state index in [1.54, 1.807) is 42.5 Å². The molecule has 2 aromatic rings. The predicted octanol–water partition coefficient (Wildman–Crippen LogP) is 4.27. The number of carbonyl (C=O) groups is 1. The van der Waals surface area contributed by atoms with Crippen LogP contribution in [0.5, 0.6) is 0 Å². The monoisotopic (exact) mass is 339 g/mol. The minimum atomic E-state index is -0.423. The first-order valence-electron chi connectivity index (χ1n) is 5.88. The van der Waals surface area contributed by atoms with Gasteiger partial charge in [0.25, 0.3) is 0 Å². The van der Waals surface area contributed by atoms with E-state index in [9.17, 15) is 4.79 Å². The van der Waals surface area contributed by atoms with Crippen molar-refractivity contribution in [1.82, 2.24) is 0 Å². The summed E-state index contributed by atoms with van der Waals surface area (Å²) >= 11 is 16.6. The number of amides is 2. The van der Waals surface area contributed by atoms with E-state index in [0.717, 1.165) is 0 Å². The second-order valence-corrected chi connectivity index (χ2v) is 5.50. The molecule has 21 heavy (non-hydrogen) atoms. The zero-order valence-corrected chi connectivity index (χ0v) is 13.0. The van der Waals surface area contributed by atoms with Crippen LogP contribution >= 0.6 is 35.4 Å². The second kappa shape index (κ2) is 6.76. The molecule has 0 atom stereocenters. The van der Waals surface area contributed by atoms with Gasteiger partial charge in [-0.25, -0.2) is 4.79 Å². The standard InChI is InChI=1S/C14H11Cl2N3OS/c15-9-5-10(16)7-12(6-9)19-14(20)18-11-3-1-2-8(4-11)13(17)21/h1-7H,(H2,17,21)(H2,18,19,20). The molecule has 0 saturated heterocycles. The van der Waals surface area contributed by atoms with Crippen LogP contribution in [0.4, 0.5) is 16.2 Å². The molecule has 2 amide bonds. The Morgan fingerprint density at radius 1 is 1.00 bits per heavy atom. The lowest BCUT2D eigenvalue weighted by molar-refractivity contribution is 0.262. The molecule has 0 spiro atoms. The van der Waals surface area contributed by atoms with E-state index in [4.69, 9.17) is 41.2 Å². The molecule has 0 aliphatic heterocycles. The van der Waals surface area contributed by atoms with E-state index in [0.29, 0.717) is 27.0 Å². The molecule has 0 aliphatic carbocycles. The van der Waals surface area contributed by atoms with Gasteiger partial charge in [0.15, 0.2) is 0 Å². The van der Waals surface area contributed by atoms with Crippen LogP contribution in [0.25, 0.3) is 0 Å². The highest BCUT2D eigenvalue weighted by atomic mass is 35.5. The third-order valence-electron chi connectivity index (χ3n) is 2.53. The summed E-state index contributed by atoms with van der Waals surface area (Å²) in [6, 6.07) is 11.3. The maximum absolute atomic E-state index is 11.9. The van der Waals surface area contributed by atoms with E-state index < -0.39 is 6.03 Å². The molecule has 108 valence electrons. The van der Waals surface area contributed by atoms with Gasteiger partial charge in [0.2, 0.25) is 0 Å². The summed E-state index contributed by atoms with van der Waals surface area (Å²) in [4.78, 5) is 12.2. The Labute approximate surface area is 137 Å². The highest BCUT2D eigenvalue weighted by molar-refractivity contribution is 7.80. The Balaban J connectivity index is 2.08. The van der Waals surface area contributed by atoms with Gasteiger partial charge in [-0.1, -0.05) is 47.6 Å². The summed E-state index contributed by atoms with van der Waals surface area (Å²) in [6.45, 7) is 0. The molecule has 0 heterocycles. The highest BCUT2D eigenvalue weighted by Crippen LogP contribution is 2.22. The lowest BCUT2D eigenvalue weighted by Crippen LogP contribution is -2.20. The van der Waals surface area contributed by atoms with Gasteiger partial charge < -0.3 is 16.4 Å². The summed E-state index contributed by atoms with van der Waals surface area (Å²) in [5, 5.41) is 6.19. The molecule has 7 heteroatoms. The van der Waals surface area contributed by atoms with Gasteiger partial charge in [0.1, 0.15) is 4.99 Å². The van der Waals surface area contributed by atoms with Crippen molar-refractivity contribution in [1.29, 1.82) is 0 Å². The van der Waals surface area contributed by atoms with Crippen LogP contribution in [-0.2, 0) is 0 Å². The number of thiocarbonyl (C=S) groups is 1. The van der Waals surface area contributed by atoms with Crippen LogP contribution in [0.2, 0.25) is 10.0 Å². The maximum atomic E-state index is 11.9. The number of urea groups is 1. The molecule has 0 aliphatic rings. The Bertz CT molecular complexity index is 686. The van der Waals surface area contributed by atoms with Crippen molar-refractivity contribution in [3.05, 3.63) is 58.1 Å². The number of benzene rings is 2. The quantitative estimate of drug-likeness (QED) is 0.731. The summed E-state index contributed by atoms with van der Waals surface area (Å²) in [5.74, 6) is 0. The van der Waals surface area contributed by atoms with Crippen molar-refractivity contribution < 1.29 is 4.79 Å². The van der Waals surface area contributed by atoms with Gasteiger partial charge in [-0.05, 0) is 30.3 Å². The average Bonchev–Trinajstić information content (AvgIpc) is 2.37. The normalized spacial score (nSPS) is 10.0. The lowest BCUT2D eigenvalue weighted by atomic mass is 10.2. The Morgan fingerprint density at radius 2 is 1.62 bits per heavy atom. The van der Waals surface area contributed by atoms with E-state index >= 15 is 0 Å². The number of halogens is 2. The van der Waals surface area contributed by atoms with E-state index in [1.165, 1.54) is 0 Å². The Morgan fingerprint density at radius 3 is 2.24 bits per heavy atom. The molecule has 4 N–H and O–H groups in total. The molecule has 0 radical (unpaired) electrons. The number of rotatable bonds is 3. The molecule has 0 fully saturated rings. The largest absolute Gasteiger partial charge is 0.389 e. The predicted molar refractivity (Wildman–Crippen MR) is 91.4 cm³/mol. The second-order valence-electron chi connectivity index (χ2n) is 4.18. The summed E-state index contributed by atoms with van der Waals surface area (Å²) in [7, 11) is 0. The summed E-state index contributed by atoms with van der Waals surface area (Å²) in [5.41, 5.74) is 7.29. The van der Waals surface area contributed by atoms with Crippen molar-refractivity contribution in [3.8, 4) is 0 Å². The van der Waals surface area contributed by atoms with Gasteiger partial charge in [-0.15, -0.1) is 0 Å². The molecule has 0 saturated carbocycles. The maximum Gasteiger partial charge on any atom is 0.323 e. The fourth-order valence-electron chi connectivity index (χ4n) is 1.67. The lowest BCUT2D eigenvalue weighted by Gasteiger charge is -2.09. The first kappa shape index (κ1) is 15.6. The number of nitrogens with two attached hydrogens (primary N) is 1. The first-order chi connectivity index (χ1) is 9.94. The molecule has 4 nitrogen and oxygen atoms in total. The van der Waals surface area contributed by atoms with Crippen molar-refractivity contribution >= 4 is 57.8 Å². The van der Waals surface area contributed by atoms with Crippen LogP contribution in [0.1, 0.15) is 5.56 Å². The SMILES string of the molecule is NC(=S)c1cccc(NC(=O)Nc2cc(Cl)cc(Cl)c2)c1. The van der Waals surface area contributed by atoms with Crippen LogP contribution in [0.15, 0.2) is 42.5 Å². The van der Waals surface area contributed by atoms with Crippen molar-refractivity contribution in [2.24, 2.45) is 5.73 Å². The Kier molecular flexibility index (Phi) is 5.01. The number of anilines is 2. The van der Waals surface area contributed by atoms with Gasteiger partial charge >= 0.3 is 6.03 Å². The average molecular weight is 340 g/mol. The van der Waals surface area contributed by atoms with Crippen molar-refractivity contribution in [2.75, 3.05) is 10.6 Å². The number of nitrogens with one attached hydrogen (secondary N) is 2. The first-order valence-corrected chi connectivity index (χ1v) is 7.04. The molecule has 2 aromatic carbocycles. The number of hydrogen-bond donors (Lipinski definition) is 3. The number of hydrogen-bond acceptors (Lipinski definition) is 2. The van der Waals surface area contributed by atoms with Crippen LogP contribution in [0, 0.1) is 0 Å². The molecular formula is C14H11Cl2N3OS. The minimum absolute atomic E-state index is 0.265. The molecular weight excluding hydrogens is 329 g/mol. The van der Waals surface area contributed by atoms with E-state index in [2.05, 4.69) is 10.6 Å². The fraction of sp³-hybridized carbons (Fsp3) is 0. The van der Waals surface area contributed by atoms with Crippen molar-refractivity contribution in [3.63, 3.8) is 0 Å². The fourth-order valence-corrected chi connectivity index (χ4v) is 2.32. The summed E-state index contributed by atoms with van der Waals surface area (Å²) < 4.78 is 0. The Hall–Kier alpha value is -1.82. The minimum Gasteiger partial charge on any atom is -0.389 e. The molecule has 2 rings (SSSR count). The van der Waals surface area contributed by atoms with E-state index in [-0.39, 0.29) is 4.99 Å². The zero-order valence-electron chi connectivity index (χ0n) is 10.7.